The lowest BCUT2D eigenvalue weighted by Gasteiger charge is -2.36. The van der Waals surface area contributed by atoms with E-state index in [-0.39, 0.29) is 0 Å². The van der Waals surface area contributed by atoms with Crippen molar-refractivity contribution in [3.05, 3.63) is 47.2 Å². The Kier molecular flexibility index (Phi) is 6.56. The number of nitrogens with zero attached hydrogens (tertiary/aromatic N) is 3. The first-order valence-corrected chi connectivity index (χ1v) is 9.92. The van der Waals surface area contributed by atoms with Crippen LogP contribution >= 0.6 is 0 Å². The monoisotopic (exact) mass is 368 g/mol. The maximum atomic E-state index is 5.48. The largest absolute Gasteiger partial charge is 0.496 e. The van der Waals surface area contributed by atoms with E-state index < -0.39 is 0 Å². The lowest BCUT2D eigenvalue weighted by molar-refractivity contribution is 0.260. The molecule has 0 saturated carbocycles. The number of aromatic nitrogens is 1. The standard InChI is InChI=1S/C22H32N4O/c1-5-23-20-7-6-9-24-22(20)26-13-11-25(12-14-26)10-8-19-15-17(2)21(27-4)18(3)16-19/h6-7,9,15-16,23H,5,8,10-14H2,1-4H3. The normalized spacial score (nSPS) is 15.0. The first-order chi connectivity index (χ1) is 13.1. The zero-order chi connectivity index (χ0) is 19.2. The van der Waals surface area contributed by atoms with E-state index in [1.165, 1.54) is 16.7 Å². The highest BCUT2D eigenvalue weighted by molar-refractivity contribution is 5.65. The topological polar surface area (TPSA) is 40.6 Å². The van der Waals surface area contributed by atoms with Crippen LogP contribution in [0.1, 0.15) is 23.6 Å². The van der Waals surface area contributed by atoms with Crippen LogP contribution in [-0.4, -0.2) is 56.3 Å². The summed E-state index contributed by atoms with van der Waals surface area (Å²) in [5, 5.41) is 3.42. The predicted octanol–water partition coefficient (Wildman–Crippen LogP) is 3.50. The molecule has 0 unspecified atom stereocenters. The second-order valence-electron chi connectivity index (χ2n) is 7.25. The Morgan fingerprint density at radius 1 is 1.11 bits per heavy atom. The molecule has 0 amide bonds. The molecule has 5 nitrogen and oxygen atoms in total. The van der Waals surface area contributed by atoms with Crippen molar-refractivity contribution < 1.29 is 4.74 Å². The maximum absolute atomic E-state index is 5.48. The Morgan fingerprint density at radius 3 is 2.44 bits per heavy atom. The molecule has 1 N–H and O–H groups in total. The highest BCUT2D eigenvalue weighted by atomic mass is 16.5. The van der Waals surface area contributed by atoms with Crippen LogP contribution in [0, 0.1) is 13.8 Å². The van der Waals surface area contributed by atoms with E-state index in [2.05, 4.69) is 59.1 Å². The van der Waals surface area contributed by atoms with Crippen molar-refractivity contribution in [2.75, 3.05) is 56.6 Å². The molecule has 0 aliphatic carbocycles. The molecule has 2 heterocycles. The number of aryl methyl sites for hydroxylation is 2. The van der Waals surface area contributed by atoms with Crippen molar-refractivity contribution in [1.82, 2.24) is 9.88 Å². The summed E-state index contributed by atoms with van der Waals surface area (Å²) in [6, 6.07) is 8.64. The third-order valence-electron chi connectivity index (χ3n) is 5.27. The van der Waals surface area contributed by atoms with Crippen LogP contribution in [0.3, 0.4) is 0 Å². The summed E-state index contributed by atoms with van der Waals surface area (Å²) in [6.07, 6.45) is 2.97. The van der Waals surface area contributed by atoms with E-state index in [0.717, 1.165) is 62.9 Å². The van der Waals surface area contributed by atoms with Crippen LogP contribution in [0.5, 0.6) is 5.75 Å². The van der Waals surface area contributed by atoms with Gasteiger partial charge in [-0.3, -0.25) is 4.90 Å². The molecular weight excluding hydrogens is 336 g/mol. The Hall–Kier alpha value is -2.27. The molecule has 3 rings (SSSR count). The third-order valence-corrected chi connectivity index (χ3v) is 5.27. The van der Waals surface area contributed by atoms with Crippen molar-refractivity contribution in [3.8, 4) is 5.75 Å². The summed E-state index contributed by atoms with van der Waals surface area (Å²) >= 11 is 0. The van der Waals surface area contributed by atoms with E-state index in [1.807, 2.05) is 12.3 Å². The number of hydrogen-bond acceptors (Lipinski definition) is 5. The van der Waals surface area contributed by atoms with Gasteiger partial charge in [0.25, 0.3) is 0 Å². The number of methoxy groups -OCH3 is 1. The third kappa shape index (κ3) is 4.72. The van der Waals surface area contributed by atoms with Crippen LogP contribution < -0.4 is 15.0 Å². The summed E-state index contributed by atoms with van der Waals surface area (Å²) in [6.45, 7) is 12.6. The van der Waals surface area contributed by atoms with Crippen LogP contribution in [0.25, 0.3) is 0 Å². The Bertz CT molecular complexity index is 731. The molecule has 0 bridgehead atoms. The number of ether oxygens (including phenoxy) is 1. The molecule has 1 aromatic heterocycles. The number of anilines is 2. The summed E-state index contributed by atoms with van der Waals surface area (Å²) in [5.41, 5.74) is 4.98. The minimum absolute atomic E-state index is 0.916. The number of piperazine rings is 1. The highest BCUT2D eigenvalue weighted by Gasteiger charge is 2.20. The number of nitrogens with one attached hydrogen (secondary N) is 1. The maximum Gasteiger partial charge on any atom is 0.152 e. The molecule has 5 heteroatoms. The molecule has 1 saturated heterocycles. The van der Waals surface area contributed by atoms with Gasteiger partial charge < -0.3 is 15.0 Å². The second-order valence-corrected chi connectivity index (χ2v) is 7.25. The first-order valence-electron chi connectivity index (χ1n) is 9.92. The fourth-order valence-corrected chi connectivity index (χ4v) is 3.95. The van der Waals surface area contributed by atoms with Gasteiger partial charge in [-0.25, -0.2) is 4.98 Å². The average molecular weight is 369 g/mol. The highest BCUT2D eigenvalue weighted by Crippen LogP contribution is 2.25. The molecule has 1 fully saturated rings. The zero-order valence-corrected chi connectivity index (χ0v) is 17.1. The smallest absolute Gasteiger partial charge is 0.152 e. The molecule has 0 spiro atoms. The van der Waals surface area contributed by atoms with Gasteiger partial charge in [0.15, 0.2) is 5.82 Å². The quantitative estimate of drug-likeness (QED) is 0.810. The summed E-state index contributed by atoms with van der Waals surface area (Å²) < 4.78 is 5.48. The van der Waals surface area contributed by atoms with Gasteiger partial charge in [0.05, 0.1) is 12.8 Å². The Morgan fingerprint density at radius 2 is 1.81 bits per heavy atom. The van der Waals surface area contributed by atoms with Gasteiger partial charge in [-0.2, -0.15) is 0 Å². The summed E-state index contributed by atoms with van der Waals surface area (Å²) in [5.74, 6) is 2.10. The van der Waals surface area contributed by atoms with Gasteiger partial charge in [-0.15, -0.1) is 0 Å². The van der Waals surface area contributed by atoms with E-state index in [9.17, 15) is 0 Å². The Balaban J connectivity index is 1.55. The first kappa shape index (κ1) is 19.5. The molecule has 2 aromatic rings. The molecule has 0 radical (unpaired) electrons. The van der Waals surface area contributed by atoms with Crippen LogP contribution in [0.4, 0.5) is 11.5 Å². The minimum atomic E-state index is 0.916. The molecule has 1 aromatic carbocycles. The second kappa shape index (κ2) is 9.09. The minimum Gasteiger partial charge on any atom is -0.496 e. The van der Waals surface area contributed by atoms with Gasteiger partial charge >= 0.3 is 0 Å². The average Bonchev–Trinajstić information content (AvgIpc) is 2.67. The molecule has 27 heavy (non-hydrogen) atoms. The molecular formula is C22H32N4O. The fraction of sp³-hybridized carbons (Fsp3) is 0.500. The number of hydrogen-bond donors (Lipinski definition) is 1. The van der Waals surface area contributed by atoms with E-state index in [0.29, 0.717) is 0 Å². The van der Waals surface area contributed by atoms with E-state index in [1.54, 1.807) is 7.11 Å². The number of rotatable bonds is 7. The van der Waals surface area contributed by atoms with Gasteiger partial charge in [-0.05, 0) is 56.0 Å². The van der Waals surface area contributed by atoms with Crippen molar-refractivity contribution in [2.45, 2.75) is 27.2 Å². The van der Waals surface area contributed by atoms with Crippen molar-refractivity contribution >= 4 is 11.5 Å². The molecule has 146 valence electrons. The molecule has 1 aliphatic rings. The van der Waals surface area contributed by atoms with Crippen LogP contribution in [-0.2, 0) is 6.42 Å². The molecule has 1 aliphatic heterocycles. The van der Waals surface area contributed by atoms with E-state index >= 15 is 0 Å². The van der Waals surface area contributed by atoms with Crippen molar-refractivity contribution in [1.29, 1.82) is 0 Å². The summed E-state index contributed by atoms with van der Waals surface area (Å²) in [4.78, 5) is 9.56. The lowest BCUT2D eigenvalue weighted by Crippen LogP contribution is -2.47. The van der Waals surface area contributed by atoms with Gasteiger partial charge in [0, 0.05) is 45.5 Å². The molecule has 0 atom stereocenters. The fourth-order valence-electron chi connectivity index (χ4n) is 3.95. The van der Waals surface area contributed by atoms with E-state index in [4.69, 9.17) is 4.74 Å². The summed E-state index contributed by atoms with van der Waals surface area (Å²) in [7, 11) is 1.75. The Labute approximate surface area is 163 Å². The van der Waals surface area contributed by atoms with Gasteiger partial charge in [0.2, 0.25) is 0 Å². The van der Waals surface area contributed by atoms with Crippen molar-refractivity contribution in [3.63, 3.8) is 0 Å². The van der Waals surface area contributed by atoms with Crippen LogP contribution in [0.2, 0.25) is 0 Å². The SMILES string of the molecule is CCNc1cccnc1N1CCN(CCc2cc(C)c(OC)c(C)c2)CC1. The zero-order valence-electron chi connectivity index (χ0n) is 17.1. The predicted molar refractivity (Wildman–Crippen MR) is 113 cm³/mol. The number of benzene rings is 1. The number of pyridine rings is 1. The van der Waals surface area contributed by atoms with Gasteiger partial charge in [0.1, 0.15) is 5.75 Å². The van der Waals surface area contributed by atoms with Gasteiger partial charge in [-0.1, -0.05) is 12.1 Å². The lowest BCUT2D eigenvalue weighted by atomic mass is 10.0. The van der Waals surface area contributed by atoms with Crippen molar-refractivity contribution in [2.24, 2.45) is 0 Å². The van der Waals surface area contributed by atoms with Crippen LogP contribution in [0.15, 0.2) is 30.5 Å².